The summed E-state index contributed by atoms with van der Waals surface area (Å²) in [5.41, 5.74) is 2.73. The number of nitrogens with zero attached hydrogens (tertiary/aromatic N) is 4. The summed E-state index contributed by atoms with van der Waals surface area (Å²) >= 11 is 0. The number of rotatable bonds is 8. The maximum absolute atomic E-state index is 15.1. The Kier molecular flexibility index (Phi) is 6.86. The van der Waals surface area contributed by atoms with Gasteiger partial charge in [0.1, 0.15) is 5.75 Å². The van der Waals surface area contributed by atoms with Gasteiger partial charge in [-0.15, -0.1) is 0 Å². The first-order chi connectivity index (χ1) is 18.5. The highest BCUT2D eigenvalue weighted by Gasteiger charge is 2.19. The third-order valence-corrected chi connectivity index (χ3v) is 5.96. The van der Waals surface area contributed by atoms with Crippen molar-refractivity contribution in [3.8, 4) is 28.7 Å². The largest absolute Gasteiger partial charge is 0.493 e. The molecule has 9 nitrogen and oxygen atoms in total. The van der Waals surface area contributed by atoms with Crippen LogP contribution in [0, 0.1) is 5.82 Å². The van der Waals surface area contributed by atoms with Crippen LogP contribution in [0.4, 0.5) is 10.1 Å². The molecule has 3 heterocycles. The van der Waals surface area contributed by atoms with E-state index in [2.05, 4.69) is 20.4 Å². The standard InChI is InChI=1S/C28H24FN5O4/c1-4-23-20(16-32-34(23)18-6-5-10-30-15-18)28(35)33-17-7-8-25(21(29)12-17)38-24-9-11-31-22-14-27(37-3)26(36-2)13-19(22)24/h5-16H,4H2,1-3H3,(H,33,35). The van der Waals surface area contributed by atoms with Crippen LogP contribution in [-0.2, 0) is 6.42 Å². The van der Waals surface area contributed by atoms with E-state index in [0.717, 1.165) is 5.69 Å². The van der Waals surface area contributed by atoms with Crippen molar-refractivity contribution < 1.29 is 23.4 Å². The van der Waals surface area contributed by atoms with Crippen LogP contribution in [0.3, 0.4) is 0 Å². The summed E-state index contributed by atoms with van der Waals surface area (Å²) in [7, 11) is 3.07. The Morgan fingerprint density at radius 1 is 0.974 bits per heavy atom. The van der Waals surface area contributed by atoms with Gasteiger partial charge in [-0.3, -0.25) is 14.8 Å². The van der Waals surface area contributed by atoms with Crippen molar-refractivity contribution >= 4 is 22.5 Å². The molecule has 1 amide bonds. The van der Waals surface area contributed by atoms with Crippen molar-refractivity contribution in [3.63, 3.8) is 0 Å². The fourth-order valence-corrected chi connectivity index (χ4v) is 4.12. The third kappa shape index (κ3) is 4.71. The third-order valence-electron chi connectivity index (χ3n) is 5.96. The summed E-state index contributed by atoms with van der Waals surface area (Å²) < 4.78 is 33.3. The number of amides is 1. The molecule has 0 atom stereocenters. The average molecular weight is 514 g/mol. The first kappa shape index (κ1) is 24.7. The summed E-state index contributed by atoms with van der Waals surface area (Å²) in [4.78, 5) is 21.5. The van der Waals surface area contributed by atoms with Gasteiger partial charge in [0.15, 0.2) is 23.1 Å². The van der Waals surface area contributed by atoms with Crippen LogP contribution in [0.15, 0.2) is 73.3 Å². The van der Waals surface area contributed by atoms with Crippen molar-refractivity contribution in [3.05, 3.63) is 90.4 Å². The smallest absolute Gasteiger partial charge is 0.259 e. The molecule has 0 spiro atoms. The number of hydrogen-bond donors (Lipinski definition) is 1. The highest BCUT2D eigenvalue weighted by molar-refractivity contribution is 6.05. The number of carbonyl (C=O) groups is 1. The van der Waals surface area contributed by atoms with Gasteiger partial charge in [-0.2, -0.15) is 5.10 Å². The average Bonchev–Trinajstić information content (AvgIpc) is 3.39. The van der Waals surface area contributed by atoms with Gasteiger partial charge in [0.2, 0.25) is 0 Å². The molecular weight excluding hydrogens is 489 g/mol. The molecule has 0 radical (unpaired) electrons. The fraction of sp³-hybridized carbons (Fsp3) is 0.143. The van der Waals surface area contributed by atoms with Crippen molar-refractivity contribution in [2.75, 3.05) is 19.5 Å². The molecule has 0 aliphatic carbocycles. The van der Waals surface area contributed by atoms with Crippen LogP contribution in [0.5, 0.6) is 23.0 Å². The van der Waals surface area contributed by atoms with Crippen molar-refractivity contribution in [1.29, 1.82) is 0 Å². The number of fused-ring (bicyclic) bond motifs is 1. The zero-order valence-corrected chi connectivity index (χ0v) is 20.9. The van der Waals surface area contributed by atoms with Crippen LogP contribution in [0.2, 0.25) is 0 Å². The predicted octanol–water partition coefficient (Wildman–Crippen LogP) is 5.58. The topological polar surface area (TPSA) is 100 Å². The maximum Gasteiger partial charge on any atom is 0.259 e. The van der Waals surface area contributed by atoms with Crippen LogP contribution in [-0.4, -0.2) is 39.9 Å². The molecule has 0 aliphatic heterocycles. The molecule has 3 aromatic heterocycles. The second-order valence-electron chi connectivity index (χ2n) is 8.22. The van der Waals surface area contributed by atoms with Gasteiger partial charge in [-0.1, -0.05) is 6.92 Å². The Balaban J connectivity index is 1.38. The van der Waals surface area contributed by atoms with E-state index in [1.807, 2.05) is 13.0 Å². The van der Waals surface area contributed by atoms with Gasteiger partial charge in [0, 0.05) is 35.6 Å². The van der Waals surface area contributed by atoms with Gasteiger partial charge in [0.25, 0.3) is 5.91 Å². The molecular formula is C28H24FN5O4. The van der Waals surface area contributed by atoms with Gasteiger partial charge in [0.05, 0.1) is 49.1 Å². The summed E-state index contributed by atoms with van der Waals surface area (Å²) in [6.07, 6.45) is 6.95. The lowest BCUT2D eigenvalue weighted by Crippen LogP contribution is -2.14. The molecule has 38 heavy (non-hydrogen) atoms. The summed E-state index contributed by atoms with van der Waals surface area (Å²) in [5.74, 6) is 0.357. The van der Waals surface area contributed by atoms with Crippen LogP contribution < -0.4 is 19.5 Å². The quantitative estimate of drug-likeness (QED) is 0.289. The van der Waals surface area contributed by atoms with Gasteiger partial charge >= 0.3 is 0 Å². The second-order valence-corrected chi connectivity index (χ2v) is 8.22. The summed E-state index contributed by atoms with van der Waals surface area (Å²) in [6.45, 7) is 1.93. The molecule has 1 N–H and O–H groups in total. The molecule has 0 unspecified atom stereocenters. The number of hydrogen-bond acceptors (Lipinski definition) is 7. The molecule has 0 saturated heterocycles. The Hall–Kier alpha value is -4.99. The molecule has 5 rings (SSSR count). The van der Waals surface area contributed by atoms with E-state index in [4.69, 9.17) is 14.2 Å². The molecule has 0 fully saturated rings. The molecule has 2 aromatic carbocycles. The minimum absolute atomic E-state index is 0.0103. The summed E-state index contributed by atoms with van der Waals surface area (Å²) in [6, 6.07) is 13.0. The Morgan fingerprint density at radius 2 is 1.79 bits per heavy atom. The Morgan fingerprint density at radius 3 is 2.50 bits per heavy atom. The van der Waals surface area contributed by atoms with Crippen LogP contribution in [0.1, 0.15) is 23.0 Å². The number of nitrogens with one attached hydrogen (secondary N) is 1. The van der Waals surface area contributed by atoms with E-state index in [9.17, 15) is 4.79 Å². The molecule has 0 aliphatic rings. The molecule has 0 bridgehead atoms. The van der Waals surface area contributed by atoms with Crippen molar-refractivity contribution in [1.82, 2.24) is 19.7 Å². The highest BCUT2D eigenvalue weighted by atomic mass is 19.1. The molecule has 10 heteroatoms. The maximum atomic E-state index is 15.1. The molecule has 5 aromatic rings. The number of halogens is 1. The Bertz CT molecular complexity index is 1620. The normalized spacial score (nSPS) is 10.8. The lowest BCUT2D eigenvalue weighted by atomic mass is 10.1. The number of ether oxygens (including phenoxy) is 3. The number of carbonyl (C=O) groups excluding carboxylic acids is 1. The lowest BCUT2D eigenvalue weighted by molar-refractivity contribution is 0.102. The zero-order valence-electron chi connectivity index (χ0n) is 20.9. The first-order valence-electron chi connectivity index (χ1n) is 11.8. The monoisotopic (exact) mass is 513 g/mol. The van der Waals surface area contributed by atoms with Gasteiger partial charge in [-0.05, 0) is 42.8 Å². The number of pyridine rings is 2. The van der Waals surface area contributed by atoms with Crippen molar-refractivity contribution in [2.45, 2.75) is 13.3 Å². The van der Waals surface area contributed by atoms with Crippen LogP contribution >= 0.6 is 0 Å². The molecule has 192 valence electrons. The van der Waals surface area contributed by atoms with E-state index in [1.54, 1.807) is 53.6 Å². The number of methoxy groups -OCH3 is 2. The lowest BCUT2D eigenvalue weighted by Gasteiger charge is -2.13. The number of benzene rings is 2. The van der Waals surface area contributed by atoms with Crippen LogP contribution in [0.25, 0.3) is 16.6 Å². The second kappa shape index (κ2) is 10.6. The summed E-state index contributed by atoms with van der Waals surface area (Å²) in [5, 5.41) is 7.71. The SMILES string of the molecule is CCc1c(C(=O)Nc2ccc(Oc3ccnc4cc(OC)c(OC)cc34)c(F)c2)cnn1-c1cccnc1. The fourth-order valence-electron chi connectivity index (χ4n) is 4.12. The highest BCUT2D eigenvalue weighted by Crippen LogP contribution is 2.37. The number of aromatic nitrogens is 4. The minimum atomic E-state index is -0.644. The van der Waals surface area contributed by atoms with Gasteiger partial charge < -0.3 is 19.5 Å². The zero-order chi connectivity index (χ0) is 26.6. The van der Waals surface area contributed by atoms with E-state index < -0.39 is 11.7 Å². The molecule has 0 saturated carbocycles. The van der Waals surface area contributed by atoms with E-state index in [-0.39, 0.29) is 11.4 Å². The minimum Gasteiger partial charge on any atom is -0.493 e. The Labute approximate surface area is 217 Å². The van der Waals surface area contributed by atoms with Gasteiger partial charge in [-0.25, -0.2) is 9.07 Å². The predicted molar refractivity (Wildman–Crippen MR) is 140 cm³/mol. The first-order valence-corrected chi connectivity index (χ1v) is 11.8. The van der Waals surface area contributed by atoms with E-state index in [0.29, 0.717) is 45.8 Å². The number of anilines is 1. The van der Waals surface area contributed by atoms with E-state index in [1.165, 1.54) is 32.5 Å². The van der Waals surface area contributed by atoms with Crippen molar-refractivity contribution in [2.24, 2.45) is 0 Å². The van der Waals surface area contributed by atoms with E-state index >= 15 is 4.39 Å².